The number of fused-ring (bicyclic) bond motifs is 1. The van der Waals surface area contributed by atoms with Gasteiger partial charge in [-0.25, -0.2) is 9.97 Å². The molecule has 3 heterocycles. The van der Waals surface area contributed by atoms with Gasteiger partial charge in [-0.1, -0.05) is 54.6 Å². The van der Waals surface area contributed by atoms with Gasteiger partial charge in [0, 0.05) is 13.0 Å². The molecule has 1 aliphatic heterocycles. The van der Waals surface area contributed by atoms with Crippen LogP contribution in [-0.4, -0.2) is 43.2 Å². The highest BCUT2D eigenvalue weighted by molar-refractivity contribution is 7.52. The lowest BCUT2D eigenvalue weighted by molar-refractivity contribution is -0.228. The molecule has 10 nitrogen and oxygen atoms in total. The monoisotopic (exact) mass is 655 g/mol. The summed E-state index contributed by atoms with van der Waals surface area (Å²) in [6.07, 6.45) is 6.52. The molecule has 0 amide bonds. The molecule has 4 aromatic carbocycles. The van der Waals surface area contributed by atoms with Crippen molar-refractivity contribution in [3.63, 3.8) is 0 Å². The number of aromatic amines is 1. The molecular formula is C36H40N4O6P-. The summed E-state index contributed by atoms with van der Waals surface area (Å²) in [4.78, 5) is 36.4. The lowest BCUT2D eigenvalue weighted by Gasteiger charge is -2.43. The van der Waals surface area contributed by atoms with Crippen LogP contribution in [0.1, 0.15) is 71.6 Å². The Morgan fingerprint density at radius 3 is 2.49 bits per heavy atom. The second kappa shape index (κ2) is 12.1. The normalized spacial score (nSPS) is 19.0. The van der Waals surface area contributed by atoms with Crippen molar-refractivity contribution >= 4 is 51.1 Å². The van der Waals surface area contributed by atoms with Gasteiger partial charge in [-0.05, 0) is 97.7 Å². The molecule has 1 N–H and O–H groups in total. The van der Waals surface area contributed by atoms with Crippen LogP contribution in [-0.2, 0) is 25.0 Å². The van der Waals surface area contributed by atoms with E-state index in [0.717, 1.165) is 19.3 Å². The van der Waals surface area contributed by atoms with E-state index in [-0.39, 0.29) is 23.4 Å². The molecule has 1 saturated heterocycles. The number of aromatic nitrogens is 4. The zero-order chi connectivity index (χ0) is 33.0. The topological polar surface area (TPSA) is 131 Å². The van der Waals surface area contributed by atoms with E-state index in [1.807, 2.05) is 0 Å². The highest BCUT2D eigenvalue weighted by Gasteiger charge is 2.40. The molecule has 1 unspecified atom stereocenters. The smallest absolute Gasteiger partial charge is 0.278 e. The minimum absolute atomic E-state index is 0.238. The highest BCUT2D eigenvalue weighted by atomic mass is 31.2. The Morgan fingerprint density at radius 1 is 0.979 bits per heavy atom. The van der Waals surface area contributed by atoms with Crippen molar-refractivity contribution < 1.29 is 23.5 Å². The summed E-state index contributed by atoms with van der Waals surface area (Å²) >= 11 is 0. The van der Waals surface area contributed by atoms with Gasteiger partial charge < -0.3 is 28.4 Å². The van der Waals surface area contributed by atoms with Crippen molar-refractivity contribution in [3.05, 3.63) is 83.2 Å². The Hall–Kier alpha value is -3.66. The summed E-state index contributed by atoms with van der Waals surface area (Å²) in [7, 11) is -4.44. The number of ether oxygens (including phenoxy) is 2. The third kappa shape index (κ3) is 6.09. The first kappa shape index (κ1) is 31.9. The maximum Gasteiger partial charge on any atom is 0.278 e. The lowest BCUT2D eigenvalue weighted by atomic mass is 9.91. The van der Waals surface area contributed by atoms with Crippen LogP contribution in [0.4, 0.5) is 0 Å². The van der Waals surface area contributed by atoms with Crippen LogP contribution in [0.2, 0.25) is 0 Å². The van der Waals surface area contributed by atoms with Crippen molar-refractivity contribution in [3.8, 4) is 0 Å². The van der Waals surface area contributed by atoms with Gasteiger partial charge in [-0.15, -0.1) is 0 Å². The molecule has 0 saturated carbocycles. The predicted molar refractivity (Wildman–Crippen MR) is 182 cm³/mol. The number of hydrogen-bond donors (Lipinski definition) is 1. The van der Waals surface area contributed by atoms with Crippen LogP contribution in [0.15, 0.2) is 72.0 Å². The van der Waals surface area contributed by atoms with Crippen LogP contribution in [0.3, 0.4) is 0 Å². The first-order chi connectivity index (χ1) is 22.4. The van der Waals surface area contributed by atoms with E-state index in [9.17, 15) is 14.3 Å². The average molecular weight is 656 g/mol. The van der Waals surface area contributed by atoms with E-state index in [1.165, 1.54) is 44.2 Å². The summed E-state index contributed by atoms with van der Waals surface area (Å²) in [5.74, 6) is 0. The standard InChI is InChI=1S/C36H41N4O6P/c1-35(2,20-27-16-18-29(45-27)40-22-39-32-33(40)37-21-38-34(32)41)46-47(42,43)36(3,4)44-19-6-5-8-23-11-12-26-14-13-24-9-7-10-25-15-17-28(23)31(26)30(24)25/h7,9-15,17,21-22,27,29H,5-6,8,16,18-20H2,1-4H3,(H,42,43)(H,37,38,41)/p-1/t27-,29+/m0/s1. The van der Waals surface area contributed by atoms with E-state index in [0.29, 0.717) is 31.5 Å². The molecule has 246 valence electrons. The summed E-state index contributed by atoms with van der Waals surface area (Å²) in [6.45, 7) is 6.93. The van der Waals surface area contributed by atoms with Crippen LogP contribution in [0.5, 0.6) is 0 Å². The molecule has 6 aromatic rings. The molecular weight excluding hydrogens is 615 g/mol. The van der Waals surface area contributed by atoms with Gasteiger partial charge in [0.1, 0.15) is 11.6 Å². The number of H-pyrrole nitrogens is 1. The molecule has 7 rings (SSSR count). The highest BCUT2D eigenvalue weighted by Crippen LogP contribution is 2.55. The molecule has 1 aliphatic rings. The summed E-state index contributed by atoms with van der Waals surface area (Å²) in [5, 5.41) is 6.14. The van der Waals surface area contributed by atoms with Gasteiger partial charge in [0.2, 0.25) is 0 Å². The van der Waals surface area contributed by atoms with Crippen molar-refractivity contribution in [1.29, 1.82) is 0 Å². The van der Waals surface area contributed by atoms with Crippen LogP contribution in [0, 0.1) is 0 Å². The van der Waals surface area contributed by atoms with Crippen LogP contribution < -0.4 is 10.5 Å². The Balaban J connectivity index is 0.927. The molecule has 0 aliphatic carbocycles. The van der Waals surface area contributed by atoms with E-state index in [1.54, 1.807) is 38.6 Å². The van der Waals surface area contributed by atoms with Crippen LogP contribution in [0.25, 0.3) is 43.5 Å². The second-order valence-corrected chi connectivity index (χ2v) is 16.0. The van der Waals surface area contributed by atoms with Crippen molar-refractivity contribution in [2.45, 2.75) is 89.5 Å². The fourth-order valence-electron chi connectivity index (χ4n) is 6.97. The maximum absolute atomic E-state index is 13.5. The summed E-state index contributed by atoms with van der Waals surface area (Å²) in [6, 6.07) is 19.6. The Labute approximate surface area is 272 Å². The molecule has 0 bridgehead atoms. The van der Waals surface area contributed by atoms with Crippen LogP contribution >= 0.6 is 7.60 Å². The quantitative estimate of drug-likeness (QED) is 0.0832. The lowest BCUT2D eigenvalue weighted by Crippen LogP contribution is -2.38. The molecule has 0 spiro atoms. The second-order valence-electron chi connectivity index (χ2n) is 13.7. The van der Waals surface area contributed by atoms with E-state index < -0.39 is 18.5 Å². The molecule has 0 radical (unpaired) electrons. The van der Waals surface area contributed by atoms with Gasteiger partial charge in [-0.2, -0.15) is 0 Å². The summed E-state index contributed by atoms with van der Waals surface area (Å²) in [5.41, 5.74) is 0.674. The maximum atomic E-state index is 13.5. The Kier molecular flexibility index (Phi) is 8.21. The molecule has 47 heavy (non-hydrogen) atoms. The number of nitrogens with one attached hydrogen (secondary N) is 1. The number of unbranched alkanes of at least 4 members (excludes halogenated alkanes) is 1. The molecule has 2 aromatic heterocycles. The first-order valence-electron chi connectivity index (χ1n) is 16.3. The van der Waals surface area contributed by atoms with Gasteiger partial charge in [0.05, 0.1) is 24.4 Å². The third-order valence-corrected chi connectivity index (χ3v) is 11.6. The van der Waals surface area contributed by atoms with Gasteiger partial charge in [-0.3, -0.25) is 9.36 Å². The number of hydrogen-bond acceptors (Lipinski definition) is 8. The minimum atomic E-state index is -4.44. The number of rotatable bonds is 12. The molecule has 11 heteroatoms. The predicted octanol–water partition coefficient (Wildman–Crippen LogP) is 7.21. The zero-order valence-corrected chi connectivity index (χ0v) is 28.1. The fraction of sp³-hybridized carbons (Fsp3) is 0.417. The van der Waals surface area contributed by atoms with Gasteiger partial charge >= 0.3 is 0 Å². The number of benzene rings is 4. The SMILES string of the molecule is CC(C)(C[C@@H]1CC[C@H](n2cnc3c(=O)[nH]cnc32)O1)OP(=O)([O-])C(C)(C)OCCCCc1ccc2ccc3cccc4ccc1c2c34. The average Bonchev–Trinajstić information content (AvgIpc) is 3.67. The number of nitrogens with zero attached hydrogens (tertiary/aromatic N) is 3. The Bertz CT molecular complexity index is 2160. The Morgan fingerprint density at radius 2 is 1.70 bits per heavy atom. The van der Waals surface area contributed by atoms with E-state index >= 15 is 0 Å². The third-order valence-electron chi connectivity index (χ3n) is 9.42. The van der Waals surface area contributed by atoms with E-state index in [4.69, 9.17) is 14.0 Å². The first-order valence-corrected chi connectivity index (χ1v) is 17.8. The molecule has 3 atom stereocenters. The zero-order valence-electron chi connectivity index (χ0n) is 27.2. The van der Waals surface area contributed by atoms with Crippen molar-refractivity contribution in [2.24, 2.45) is 0 Å². The van der Waals surface area contributed by atoms with Gasteiger partial charge in [0.15, 0.2) is 18.8 Å². The number of aryl methyl sites for hydroxylation is 1. The molecule has 1 fully saturated rings. The largest absolute Gasteiger partial charge is 0.776 e. The van der Waals surface area contributed by atoms with E-state index in [2.05, 4.69) is 69.5 Å². The van der Waals surface area contributed by atoms with Crippen molar-refractivity contribution in [2.75, 3.05) is 6.61 Å². The summed E-state index contributed by atoms with van der Waals surface area (Å²) < 4.78 is 33.2. The fourth-order valence-corrected chi connectivity index (χ4v) is 8.16. The number of imidazole rings is 1. The minimum Gasteiger partial charge on any atom is -0.776 e. The van der Waals surface area contributed by atoms with Crippen molar-refractivity contribution in [1.82, 2.24) is 19.5 Å². The van der Waals surface area contributed by atoms with Gasteiger partial charge in [0.25, 0.3) is 5.56 Å².